The molecule has 0 fully saturated rings. The Balaban J connectivity index is 1.47. The number of aromatic nitrogens is 1. The molecule has 2 aromatic carbocycles. The zero-order valence-corrected chi connectivity index (χ0v) is 19.4. The second-order valence-corrected chi connectivity index (χ2v) is 8.18. The molecule has 1 aliphatic heterocycles. The molecule has 2 N–H and O–H groups in total. The summed E-state index contributed by atoms with van der Waals surface area (Å²) >= 11 is 1.28. The lowest BCUT2D eigenvalue weighted by molar-refractivity contribution is -0.137. The maximum Gasteiger partial charge on any atom is 0.358 e. The summed E-state index contributed by atoms with van der Waals surface area (Å²) in [5, 5.41) is 6.64. The standard InChI is InChI=1S/C25H24N4O4S/c1-3-13-26-25-27-21(16-34-25)24(31)33-15-23(30)29-22(18-9-11-19(32-2)12-10-18)14-20(28-29)17-7-5-4-6-8-17/h3-12,14,16,22,28H,1,13,15H2,2H3,(H,26,27)/t22-/m1/s1. The number of anilines is 1. The third-order valence-electron chi connectivity index (χ3n) is 5.09. The number of thiazole rings is 1. The Morgan fingerprint density at radius 1 is 1.21 bits per heavy atom. The summed E-state index contributed by atoms with van der Waals surface area (Å²) in [6, 6.07) is 16.8. The Hall–Kier alpha value is -4.11. The van der Waals surface area contributed by atoms with Crippen molar-refractivity contribution in [1.82, 2.24) is 15.4 Å². The summed E-state index contributed by atoms with van der Waals surface area (Å²) in [5.74, 6) is -0.330. The molecule has 2 heterocycles. The van der Waals surface area contributed by atoms with E-state index >= 15 is 0 Å². The lowest BCUT2D eigenvalue weighted by Gasteiger charge is -2.25. The van der Waals surface area contributed by atoms with Crippen molar-refractivity contribution in [3.63, 3.8) is 0 Å². The summed E-state index contributed by atoms with van der Waals surface area (Å²) in [5.41, 5.74) is 5.93. The second kappa shape index (κ2) is 10.7. The highest BCUT2D eigenvalue weighted by Gasteiger charge is 2.31. The van der Waals surface area contributed by atoms with Crippen molar-refractivity contribution >= 4 is 34.0 Å². The maximum atomic E-state index is 13.1. The third-order valence-corrected chi connectivity index (χ3v) is 5.89. The summed E-state index contributed by atoms with van der Waals surface area (Å²) in [4.78, 5) is 29.7. The van der Waals surface area contributed by atoms with Gasteiger partial charge in [-0.3, -0.25) is 10.2 Å². The van der Waals surface area contributed by atoms with Gasteiger partial charge >= 0.3 is 5.97 Å². The van der Waals surface area contributed by atoms with Gasteiger partial charge in [-0.2, -0.15) is 0 Å². The zero-order chi connectivity index (χ0) is 23.9. The van der Waals surface area contributed by atoms with Crippen molar-refractivity contribution in [2.24, 2.45) is 0 Å². The number of hydrazine groups is 1. The van der Waals surface area contributed by atoms with Crippen LogP contribution in [0, 0.1) is 0 Å². The Morgan fingerprint density at radius 3 is 2.68 bits per heavy atom. The molecule has 34 heavy (non-hydrogen) atoms. The number of benzene rings is 2. The molecular formula is C25H24N4O4S. The number of rotatable bonds is 9. The molecule has 0 bridgehead atoms. The number of carbonyl (C=O) groups excluding carboxylic acids is 2. The van der Waals surface area contributed by atoms with Gasteiger partial charge in [0.25, 0.3) is 5.91 Å². The highest BCUT2D eigenvalue weighted by Crippen LogP contribution is 2.32. The van der Waals surface area contributed by atoms with Crippen LogP contribution in [0.4, 0.5) is 5.13 Å². The van der Waals surface area contributed by atoms with E-state index in [-0.39, 0.29) is 11.7 Å². The number of carbonyl (C=O) groups is 2. The number of ether oxygens (including phenoxy) is 2. The van der Waals surface area contributed by atoms with Gasteiger partial charge in [0.2, 0.25) is 0 Å². The number of methoxy groups -OCH3 is 1. The number of nitrogens with one attached hydrogen (secondary N) is 2. The molecule has 4 rings (SSSR count). The Morgan fingerprint density at radius 2 is 1.97 bits per heavy atom. The topological polar surface area (TPSA) is 92.8 Å². The van der Waals surface area contributed by atoms with Crippen LogP contribution in [0.2, 0.25) is 0 Å². The first kappa shape index (κ1) is 23.1. The Kier molecular flexibility index (Phi) is 7.24. The van der Waals surface area contributed by atoms with Crippen molar-refractivity contribution in [3.8, 4) is 5.75 Å². The Labute approximate surface area is 201 Å². The monoisotopic (exact) mass is 476 g/mol. The molecule has 3 aromatic rings. The zero-order valence-electron chi connectivity index (χ0n) is 18.6. The van der Waals surface area contributed by atoms with Crippen molar-refractivity contribution in [2.45, 2.75) is 6.04 Å². The van der Waals surface area contributed by atoms with E-state index in [0.717, 1.165) is 22.6 Å². The minimum atomic E-state index is -0.660. The van der Waals surface area contributed by atoms with Gasteiger partial charge in [0.1, 0.15) is 5.75 Å². The molecule has 9 heteroatoms. The van der Waals surface area contributed by atoms with Gasteiger partial charge in [0.15, 0.2) is 17.4 Å². The molecule has 1 amide bonds. The largest absolute Gasteiger partial charge is 0.497 e. The van der Waals surface area contributed by atoms with E-state index in [9.17, 15) is 9.59 Å². The molecular weight excluding hydrogens is 452 g/mol. The fourth-order valence-electron chi connectivity index (χ4n) is 3.39. The van der Waals surface area contributed by atoms with Crippen LogP contribution in [0.25, 0.3) is 5.70 Å². The van der Waals surface area contributed by atoms with Crippen LogP contribution >= 0.6 is 11.3 Å². The third kappa shape index (κ3) is 5.26. The van der Waals surface area contributed by atoms with Crippen molar-refractivity contribution in [2.75, 3.05) is 25.6 Å². The minimum Gasteiger partial charge on any atom is -0.497 e. The van der Waals surface area contributed by atoms with Crippen LogP contribution in [-0.2, 0) is 9.53 Å². The predicted octanol–water partition coefficient (Wildman–Crippen LogP) is 4.04. The van der Waals surface area contributed by atoms with E-state index in [1.165, 1.54) is 16.3 Å². The fourth-order valence-corrected chi connectivity index (χ4v) is 4.08. The molecule has 1 aliphatic rings. The molecule has 0 aliphatic carbocycles. The average molecular weight is 477 g/mol. The van der Waals surface area contributed by atoms with E-state index in [1.54, 1.807) is 18.6 Å². The molecule has 1 atom stereocenters. The Bertz CT molecular complexity index is 1190. The minimum absolute atomic E-state index is 0.147. The van der Waals surface area contributed by atoms with E-state index in [1.807, 2.05) is 60.7 Å². The van der Waals surface area contributed by atoms with Gasteiger partial charge in [-0.05, 0) is 29.3 Å². The normalized spacial score (nSPS) is 14.7. The summed E-state index contributed by atoms with van der Waals surface area (Å²) < 4.78 is 10.5. The first-order valence-electron chi connectivity index (χ1n) is 10.6. The number of hydrogen-bond donors (Lipinski definition) is 2. The quantitative estimate of drug-likeness (QED) is 0.356. The lowest BCUT2D eigenvalue weighted by atomic mass is 10.0. The summed E-state index contributed by atoms with van der Waals surface area (Å²) in [7, 11) is 1.60. The van der Waals surface area contributed by atoms with Crippen LogP contribution < -0.4 is 15.5 Å². The van der Waals surface area contributed by atoms with E-state index in [2.05, 4.69) is 22.3 Å². The van der Waals surface area contributed by atoms with Crippen molar-refractivity contribution in [3.05, 3.63) is 95.5 Å². The fraction of sp³-hybridized carbons (Fsp3) is 0.160. The van der Waals surface area contributed by atoms with Gasteiger partial charge in [0.05, 0.1) is 18.8 Å². The number of esters is 1. The SMILES string of the molecule is C=CCNc1nc(C(=O)OCC(=O)N2NC(c3ccccc3)=C[C@@H]2c2ccc(OC)cc2)cs1. The average Bonchev–Trinajstić information content (AvgIpc) is 3.54. The summed E-state index contributed by atoms with van der Waals surface area (Å²) in [6.45, 7) is 3.73. The van der Waals surface area contributed by atoms with Gasteiger partial charge in [-0.15, -0.1) is 17.9 Å². The molecule has 0 saturated heterocycles. The van der Waals surface area contributed by atoms with E-state index < -0.39 is 18.5 Å². The van der Waals surface area contributed by atoms with Crippen molar-refractivity contribution < 1.29 is 19.1 Å². The smallest absolute Gasteiger partial charge is 0.358 e. The number of hydrogen-bond acceptors (Lipinski definition) is 8. The molecule has 8 nitrogen and oxygen atoms in total. The molecule has 0 saturated carbocycles. The second-order valence-electron chi connectivity index (χ2n) is 7.32. The van der Waals surface area contributed by atoms with Gasteiger partial charge in [0, 0.05) is 11.9 Å². The molecule has 0 unspecified atom stereocenters. The van der Waals surface area contributed by atoms with Crippen LogP contribution in [0.3, 0.4) is 0 Å². The van der Waals surface area contributed by atoms with Crippen LogP contribution in [0.1, 0.15) is 27.7 Å². The molecule has 1 aromatic heterocycles. The van der Waals surface area contributed by atoms with Crippen molar-refractivity contribution in [1.29, 1.82) is 0 Å². The van der Waals surface area contributed by atoms with Crippen LogP contribution in [0.15, 0.2) is 78.7 Å². The number of amides is 1. The maximum absolute atomic E-state index is 13.1. The summed E-state index contributed by atoms with van der Waals surface area (Å²) in [6.07, 6.45) is 3.66. The predicted molar refractivity (Wildman–Crippen MR) is 131 cm³/mol. The van der Waals surface area contributed by atoms with Gasteiger partial charge < -0.3 is 14.8 Å². The lowest BCUT2D eigenvalue weighted by Crippen LogP contribution is -2.42. The molecule has 0 spiro atoms. The van der Waals surface area contributed by atoms with E-state index in [4.69, 9.17) is 9.47 Å². The van der Waals surface area contributed by atoms with Gasteiger partial charge in [-0.1, -0.05) is 48.5 Å². The highest BCUT2D eigenvalue weighted by atomic mass is 32.1. The number of nitrogens with zero attached hydrogens (tertiary/aromatic N) is 2. The van der Waals surface area contributed by atoms with E-state index in [0.29, 0.717) is 11.7 Å². The molecule has 0 radical (unpaired) electrons. The van der Waals surface area contributed by atoms with Crippen LogP contribution in [0.5, 0.6) is 5.75 Å². The first-order valence-corrected chi connectivity index (χ1v) is 11.4. The molecule has 174 valence electrons. The first-order chi connectivity index (χ1) is 16.6. The van der Waals surface area contributed by atoms with Gasteiger partial charge in [-0.25, -0.2) is 14.8 Å². The highest BCUT2D eigenvalue weighted by molar-refractivity contribution is 7.13. The van der Waals surface area contributed by atoms with Crippen LogP contribution in [-0.4, -0.2) is 42.1 Å².